The Labute approximate surface area is 166 Å². The first-order valence-corrected chi connectivity index (χ1v) is 10.1. The summed E-state index contributed by atoms with van der Waals surface area (Å²) in [6.07, 6.45) is 6.67. The Bertz CT molecular complexity index is 858. The Morgan fingerprint density at radius 2 is 1.64 bits per heavy atom. The molecule has 0 saturated carbocycles. The maximum absolute atomic E-state index is 4.57. The minimum Gasteiger partial charge on any atom is -0.372 e. The predicted molar refractivity (Wildman–Crippen MR) is 116 cm³/mol. The summed E-state index contributed by atoms with van der Waals surface area (Å²) < 4.78 is 0. The molecule has 5 heteroatoms. The van der Waals surface area contributed by atoms with Crippen molar-refractivity contribution in [2.75, 3.05) is 35.2 Å². The van der Waals surface area contributed by atoms with Gasteiger partial charge in [0.15, 0.2) is 0 Å². The second kappa shape index (κ2) is 9.22. The van der Waals surface area contributed by atoms with Crippen LogP contribution in [0.3, 0.4) is 0 Å². The smallest absolute Gasteiger partial charge is 0.229 e. The third-order valence-corrected chi connectivity index (χ3v) is 5.06. The maximum Gasteiger partial charge on any atom is 0.229 e. The summed E-state index contributed by atoms with van der Waals surface area (Å²) in [5, 5.41) is 6.68. The molecule has 1 aliphatic rings. The van der Waals surface area contributed by atoms with E-state index in [0.29, 0.717) is 5.95 Å². The van der Waals surface area contributed by atoms with Crippen LogP contribution in [0.15, 0.2) is 66.9 Å². The van der Waals surface area contributed by atoms with E-state index in [9.17, 15) is 0 Å². The average Bonchev–Trinajstić information content (AvgIpc) is 2.76. The summed E-state index contributed by atoms with van der Waals surface area (Å²) >= 11 is 0. The molecule has 2 N–H and O–H groups in total. The normalized spacial score (nSPS) is 13.9. The topological polar surface area (TPSA) is 53.1 Å². The number of nitrogens with one attached hydrogen (secondary N) is 2. The molecule has 2 heterocycles. The van der Waals surface area contributed by atoms with Crippen LogP contribution in [-0.4, -0.2) is 29.6 Å². The summed E-state index contributed by atoms with van der Waals surface area (Å²) in [7, 11) is 0. The van der Waals surface area contributed by atoms with E-state index in [1.807, 2.05) is 12.1 Å². The summed E-state index contributed by atoms with van der Waals surface area (Å²) in [6.45, 7) is 3.16. The van der Waals surface area contributed by atoms with Gasteiger partial charge < -0.3 is 15.5 Å². The third-order valence-electron chi connectivity index (χ3n) is 5.06. The largest absolute Gasteiger partial charge is 0.372 e. The number of anilines is 4. The lowest BCUT2D eigenvalue weighted by atomic mass is 10.1. The summed E-state index contributed by atoms with van der Waals surface area (Å²) in [4.78, 5) is 11.4. The fraction of sp³-hybridized carbons (Fsp3) is 0.304. The minimum atomic E-state index is 0.607. The van der Waals surface area contributed by atoms with Gasteiger partial charge in [0, 0.05) is 37.2 Å². The van der Waals surface area contributed by atoms with Crippen LogP contribution in [-0.2, 0) is 6.42 Å². The van der Waals surface area contributed by atoms with Crippen molar-refractivity contribution < 1.29 is 0 Å². The number of aromatic nitrogens is 2. The quantitative estimate of drug-likeness (QED) is 0.619. The molecule has 0 unspecified atom stereocenters. The Morgan fingerprint density at radius 3 is 2.43 bits per heavy atom. The zero-order valence-corrected chi connectivity index (χ0v) is 16.1. The molecule has 0 atom stereocenters. The van der Waals surface area contributed by atoms with Gasteiger partial charge in [-0.3, -0.25) is 0 Å². The molecule has 1 aromatic heterocycles. The molecule has 0 amide bonds. The van der Waals surface area contributed by atoms with Gasteiger partial charge in [0.25, 0.3) is 0 Å². The van der Waals surface area contributed by atoms with E-state index in [-0.39, 0.29) is 0 Å². The van der Waals surface area contributed by atoms with Crippen LogP contribution in [0.2, 0.25) is 0 Å². The molecular weight excluding hydrogens is 346 g/mol. The number of benzene rings is 2. The molecule has 0 radical (unpaired) electrons. The highest BCUT2D eigenvalue weighted by atomic mass is 15.1. The molecular formula is C23H27N5. The standard InChI is InChI=1S/C23H27N5/c1-3-7-19(8-4-1)13-15-24-22-14-16-25-23(27-22)26-20-9-11-21(12-10-20)28-17-5-2-6-18-28/h1,3-4,7-12,14,16H,2,5-6,13,15,17-18H2,(H2,24,25,26,27). The van der Waals surface area contributed by atoms with Crippen molar-refractivity contribution in [1.82, 2.24) is 9.97 Å². The van der Waals surface area contributed by atoms with Crippen molar-refractivity contribution in [3.8, 4) is 0 Å². The number of hydrogen-bond donors (Lipinski definition) is 2. The molecule has 0 aliphatic carbocycles. The van der Waals surface area contributed by atoms with Gasteiger partial charge in [0.05, 0.1) is 0 Å². The molecule has 28 heavy (non-hydrogen) atoms. The molecule has 3 aromatic rings. The van der Waals surface area contributed by atoms with Crippen LogP contribution in [0, 0.1) is 0 Å². The summed E-state index contributed by atoms with van der Waals surface area (Å²) in [5.41, 5.74) is 3.61. The Balaban J connectivity index is 1.32. The van der Waals surface area contributed by atoms with Crippen molar-refractivity contribution in [2.45, 2.75) is 25.7 Å². The Kier molecular flexibility index (Phi) is 6.02. The van der Waals surface area contributed by atoms with Crippen molar-refractivity contribution in [3.63, 3.8) is 0 Å². The van der Waals surface area contributed by atoms with Crippen LogP contribution in [0.5, 0.6) is 0 Å². The fourth-order valence-electron chi connectivity index (χ4n) is 3.53. The molecule has 144 valence electrons. The minimum absolute atomic E-state index is 0.607. The van der Waals surface area contributed by atoms with E-state index < -0.39 is 0 Å². The number of piperidine rings is 1. The number of rotatable bonds is 7. The molecule has 4 rings (SSSR count). The lowest BCUT2D eigenvalue weighted by molar-refractivity contribution is 0.578. The molecule has 5 nitrogen and oxygen atoms in total. The van der Waals surface area contributed by atoms with Gasteiger partial charge in [0.1, 0.15) is 5.82 Å². The first kappa shape index (κ1) is 18.3. The first-order valence-electron chi connectivity index (χ1n) is 10.1. The van der Waals surface area contributed by atoms with Crippen LogP contribution >= 0.6 is 0 Å². The van der Waals surface area contributed by atoms with Gasteiger partial charge in [-0.15, -0.1) is 0 Å². The van der Waals surface area contributed by atoms with Crippen molar-refractivity contribution in [3.05, 3.63) is 72.4 Å². The van der Waals surface area contributed by atoms with E-state index in [2.05, 4.69) is 74.0 Å². The van der Waals surface area contributed by atoms with Crippen molar-refractivity contribution in [2.24, 2.45) is 0 Å². The monoisotopic (exact) mass is 373 g/mol. The first-order chi connectivity index (χ1) is 13.9. The highest BCUT2D eigenvalue weighted by Crippen LogP contribution is 2.23. The van der Waals surface area contributed by atoms with E-state index >= 15 is 0 Å². The van der Waals surface area contributed by atoms with E-state index in [0.717, 1.165) is 37.6 Å². The molecule has 1 aliphatic heterocycles. The Morgan fingerprint density at radius 1 is 0.857 bits per heavy atom. The maximum atomic E-state index is 4.57. The second-order valence-electron chi connectivity index (χ2n) is 7.15. The van der Waals surface area contributed by atoms with E-state index in [4.69, 9.17) is 0 Å². The summed E-state index contributed by atoms with van der Waals surface area (Å²) in [6, 6.07) is 20.9. The highest BCUT2D eigenvalue weighted by Gasteiger charge is 2.10. The zero-order chi connectivity index (χ0) is 19.0. The fourth-order valence-corrected chi connectivity index (χ4v) is 3.53. The van der Waals surface area contributed by atoms with Crippen molar-refractivity contribution >= 4 is 23.1 Å². The highest BCUT2D eigenvalue weighted by molar-refractivity contribution is 5.60. The average molecular weight is 374 g/mol. The molecule has 0 spiro atoms. The second-order valence-corrected chi connectivity index (χ2v) is 7.15. The number of hydrogen-bond acceptors (Lipinski definition) is 5. The molecule has 1 fully saturated rings. The summed E-state index contributed by atoms with van der Waals surface area (Å²) in [5.74, 6) is 1.44. The van der Waals surface area contributed by atoms with E-state index in [1.54, 1.807) is 6.20 Å². The number of nitrogens with zero attached hydrogens (tertiary/aromatic N) is 3. The molecule has 0 bridgehead atoms. The third kappa shape index (κ3) is 5.00. The van der Waals surface area contributed by atoms with Crippen LogP contribution in [0.4, 0.5) is 23.1 Å². The molecule has 2 aromatic carbocycles. The van der Waals surface area contributed by atoms with Gasteiger partial charge >= 0.3 is 0 Å². The van der Waals surface area contributed by atoms with Crippen LogP contribution < -0.4 is 15.5 Å². The lowest BCUT2D eigenvalue weighted by Gasteiger charge is -2.28. The van der Waals surface area contributed by atoms with Gasteiger partial charge in [-0.05, 0) is 61.6 Å². The Hall–Kier alpha value is -3.08. The predicted octanol–water partition coefficient (Wildman–Crippen LogP) is 4.87. The van der Waals surface area contributed by atoms with Crippen LogP contribution in [0.1, 0.15) is 24.8 Å². The van der Waals surface area contributed by atoms with E-state index in [1.165, 1.54) is 30.5 Å². The zero-order valence-electron chi connectivity index (χ0n) is 16.1. The lowest BCUT2D eigenvalue weighted by Crippen LogP contribution is -2.29. The SMILES string of the molecule is c1ccc(CCNc2ccnc(Nc3ccc(N4CCCCC4)cc3)n2)cc1. The van der Waals surface area contributed by atoms with Gasteiger partial charge in [-0.25, -0.2) is 4.98 Å². The van der Waals surface area contributed by atoms with Gasteiger partial charge in [-0.1, -0.05) is 30.3 Å². The van der Waals surface area contributed by atoms with Crippen molar-refractivity contribution in [1.29, 1.82) is 0 Å². The van der Waals surface area contributed by atoms with Gasteiger partial charge in [-0.2, -0.15) is 4.98 Å². The molecule has 1 saturated heterocycles. The van der Waals surface area contributed by atoms with Crippen LogP contribution in [0.25, 0.3) is 0 Å². The van der Waals surface area contributed by atoms with Gasteiger partial charge in [0.2, 0.25) is 5.95 Å².